The lowest BCUT2D eigenvalue weighted by molar-refractivity contribution is -0.155. The van der Waals surface area contributed by atoms with Crippen molar-refractivity contribution in [1.82, 2.24) is 34.2 Å². The van der Waals surface area contributed by atoms with Crippen molar-refractivity contribution < 1.29 is 56.8 Å². The van der Waals surface area contributed by atoms with Gasteiger partial charge in [0.05, 0.1) is 40.3 Å². The molecular formula is C55H64N11O11P. The number of amides is 5. The molecule has 3 fully saturated rings. The summed E-state index contributed by atoms with van der Waals surface area (Å²) >= 11 is 0. The molecule has 4 aromatic heterocycles. The summed E-state index contributed by atoms with van der Waals surface area (Å²) in [6.07, 6.45) is 6.87. The number of hydrogen-bond acceptors (Lipinski definition) is 16. The Hall–Kier alpha value is -7.07. The number of ether oxygens (including phenoxy) is 1. The van der Waals surface area contributed by atoms with Crippen LogP contribution in [0.4, 0.5) is 28.7 Å². The number of piperidine rings is 2. The monoisotopic (exact) mass is 1090 g/mol. The van der Waals surface area contributed by atoms with E-state index in [0.29, 0.717) is 58.6 Å². The predicted molar refractivity (Wildman–Crippen MR) is 287 cm³/mol. The Morgan fingerprint density at radius 1 is 0.846 bits per heavy atom. The van der Waals surface area contributed by atoms with Gasteiger partial charge >= 0.3 is 7.82 Å². The third kappa shape index (κ3) is 9.72. The average molecular weight is 1090 g/mol. The molecule has 410 valence electrons. The van der Waals surface area contributed by atoms with Crippen LogP contribution in [0.2, 0.25) is 0 Å². The summed E-state index contributed by atoms with van der Waals surface area (Å²) < 4.78 is 46.9. The van der Waals surface area contributed by atoms with Gasteiger partial charge in [-0.3, -0.25) is 48.1 Å². The van der Waals surface area contributed by atoms with Gasteiger partial charge in [-0.15, -0.1) is 0 Å². The molecule has 0 saturated carbocycles. The van der Waals surface area contributed by atoms with Gasteiger partial charge in [0.2, 0.25) is 11.8 Å². The number of nitrogens with one attached hydrogen (secondary N) is 1. The number of hydrogen-bond donors (Lipinski definition) is 4. The van der Waals surface area contributed by atoms with Crippen molar-refractivity contribution in [3.05, 3.63) is 101 Å². The van der Waals surface area contributed by atoms with Crippen LogP contribution in [0.3, 0.4) is 0 Å². The number of fused-ring (bicyclic) bond motifs is 4. The lowest BCUT2D eigenvalue weighted by atomic mass is 9.90. The third-order valence-corrected chi connectivity index (χ3v) is 16.7. The van der Waals surface area contributed by atoms with E-state index < -0.39 is 57.4 Å². The quantitative estimate of drug-likeness (QED) is 0.0817. The van der Waals surface area contributed by atoms with Crippen molar-refractivity contribution >= 4 is 66.1 Å². The van der Waals surface area contributed by atoms with Crippen molar-refractivity contribution in [3.63, 3.8) is 0 Å². The standard InChI is InChI=1S/C55H64N11O11P/c1-31-21-36(14-16-61(31)37-7-9-40-41(24-37)52(70)66(51(40)69)43-10-12-47(68)65(53(43)71)30-77-78(73,74)75)60-17-18-62(32(2)29-60)38-8-11-46(57-28-38)59-42-22-35(27-58-50(42)76-6)39-13-15-56-49(48(39)33(3)67)64-20-19-63-44(54(64)72)23-34-25-55(4,5)26-45(34)63/h7-9,11,13,15,22-24,27-28,31-33,36,43,67H,10,12,14,16-21,25-26,29-30H2,1-6H3,(H,57,59)(H2,73,74,75)/t31-,32-,33-,36?,43-/m0/s1/i6D3. The molecule has 6 aliphatic rings. The summed E-state index contributed by atoms with van der Waals surface area (Å²) in [6.45, 7) is 13.3. The number of piperazine rings is 1. The molecule has 0 radical (unpaired) electrons. The molecule has 3 saturated heterocycles. The Labute approximate surface area is 455 Å². The van der Waals surface area contributed by atoms with Gasteiger partial charge in [0.15, 0.2) is 0 Å². The second-order valence-electron chi connectivity index (χ2n) is 22.0. The summed E-state index contributed by atoms with van der Waals surface area (Å²) in [5, 5.41) is 14.6. The number of aliphatic hydroxyl groups excluding tert-OH is 1. The van der Waals surface area contributed by atoms with Gasteiger partial charge in [-0.1, -0.05) is 13.8 Å². The van der Waals surface area contributed by atoms with Gasteiger partial charge in [0.25, 0.3) is 23.6 Å². The number of phosphoric acid groups is 1. The molecule has 5 atom stereocenters. The van der Waals surface area contributed by atoms with E-state index in [2.05, 4.69) is 66.8 Å². The Bertz CT molecular complexity index is 3430. The van der Waals surface area contributed by atoms with Crippen LogP contribution in [0.1, 0.15) is 119 Å². The van der Waals surface area contributed by atoms with Crippen LogP contribution in [-0.4, -0.2) is 149 Å². The van der Waals surface area contributed by atoms with Crippen molar-refractivity contribution in [2.24, 2.45) is 5.41 Å². The largest absolute Gasteiger partial charge is 0.480 e. The summed E-state index contributed by atoms with van der Waals surface area (Å²) in [5.41, 5.74) is 6.74. The highest BCUT2D eigenvalue weighted by Gasteiger charge is 2.48. The zero-order valence-electron chi connectivity index (χ0n) is 47.0. The van der Waals surface area contributed by atoms with Gasteiger partial charge in [0, 0.05) is 98.7 Å². The maximum absolute atomic E-state index is 14.2. The first-order valence-electron chi connectivity index (χ1n) is 27.8. The Morgan fingerprint density at radius 2 is 1.63 bits per heavy atom. The molecule has 1 unspecified atom stereocenters. The lowest BCUT2D eigenvalue weighted by Gasteiger charge is -2.48. The molecule has 5 aromatic rings. The van der Waals surface area contributed by atoms with E-state index in [0.717, 1.165) is 61.6 Å². The second kappa shape index (κ2) is 20.3. The fourth-order valence-electron chi connectivity index (χ4n) is 12.6. The van der Waals surface area contributed by atoms with E-state index >= 15 is 0 Å². The number of rotatable bonds is 13. The van der Waals surface area contributed by atoms with Gasteiger partial charge < -0.3 is 39.3 Å². The molecule has 78 heavy (non-hydrogen) atoms. The van der Waals surface area contributed by atoms with Gasteiger partial charge in [0.1, 0.15) is 35.8 Å². The highest BCUT2D eigenvalue weighted by molar-refractivity contribution is 7.46. The Balaban J connectivity index is 0.737. The molecule has 22 nitrogen and oxygen atoms in total. The number of imide groups is 2. The summed E-state index contributed by atoms with van der Waals surface area (Å²) in [7, 11) is -7.85. The molecular weight excluding hydrogens is 1020 g/mol. The minimum absolute atomic E-state index is 0.0634. The molecule has 5 amide bonds. The Morgan fingerprint density at radius 3 is 2.36 bits per heavy atom. The van der Waals surface area contributed by atoms with Crippen LogP contribution in [0, 0.1) is 5.41 Å². The molecule has 1 aromatic carbocycles. The van der Waals surface area contributed by atoms with Gasteiger partial charge in [-0.2, -0.15) is 0 Å². The third-order valence-electron chi connectivity index (χ3n) is 16.3. The van der Waals surface area contributed by atoms with Crippen LogP contribution in [-0.2, 0) is 38.1 Å². The average Bonchev–Trinajstić information content (AvgIpc) is 4.04. The SMILES string of the molecule is [2H]C([2H])([2H])Oc1ncc(-c2ccnc(N3CCn4c(cc5c4CC(C)(C)C5)C3=O)c2[C@H](C)O)cc1Nc1ccc(N2CCN(C3CCN(c4ccc5c(c4)C(=O)N([C@H]4CCC(=O)N(COP(=O)(O)O)C4=O)C5=O)[C@@H](C)C3)C[C@@H]2C)cn1. The number of anilines is 5. The molecule has 11 rings (SSSR count). The first kappa shape index (κ1) is 49.2. The van der Waals surface area contributed by atoms with Gasteiger partial charge in [-0.05, 0) is 118 Å². The van der Waals surface area contributed by atoms with E-state index in [-0.39, 0.29) is 65.0 Å². The molecule has 5 aliphatic heterocycles. The predicted octanol–water partition coefficient (Wildman–Crippen LogP) is 5.68. The van der Waals surface area contributed by atoms with Crippen molar-refractivity contribution in [2.45, 2.75) is 110 Å². The molecule has 0 spiro atoms. The van der Waals surface area contributed by atoms with Crippen LogP contribution in [0.25, 0.3) is 11.1 Å². The van der Waals surface area contributed by atoms with E-state index in [1.165, 1.54) is 17.5 Å². The van der Waals surface area contributed by atoms with E-state index in [1.54, 1.807) is 60.6 Å². The number of carbonyl (C=O) groups is 5. The topological polar surface area (TPSA) is 257 Å². The van der Waals surface area contributed by atoms with Crippen molar-refractivity contribution in [2.75, 3.05) is 66.5 Å². The number of methoxy groups -OCH3 is 1. The number of phosphoric ester groups is 1. The van der Waals surface area contributed by atoms with Crippen LogP contribution in [0.5, 0.6) is 5.88 Å². The van der Waals surface area contributed by atoms with E-state index in [9.17, 15) is 33.6 Å². The number of pyridine rings is 3. The normalized spacial score (nSPS) is 23.7. The minimum atomic E-state index is -5.02. The second-order valence-corrected chi connectivity index (χ2v) is 23.3. The summed E-state index contributed by atoms with van der Waals surface area (Å²) in [6, 6.07) is 13.3. The van der Waals surface area contributed by atoms with Crippen LogP contribution < -0.4 is 24.8 Å². The summed E-state index contributed by atoms with van der Waals surface area (Å²) in [4.78, 5) is 110. The molecule has 23 heteroatoms. The van der Waals surface area contributed by atoms with E-state index in [4.69, 9.17) is 23.6 Å². The van der Waals surface area contributed by atoms with Gasteiger partial charge in [-0.25, -0.2) is 19.5 Å². The highest BCUT2D eigenvalue weighted by atomic mass is 31.2. The highest BCUT2D eigenvalue weighted by Crippen LogP contribution is 2.43. The van der Waals surface area contributed by atoms with Crippen molar-refractivity contribution in [3.8, 4) is 17.0 Å². The molecule has 1 aliphatic carbocycles. The summed E-state index contributed by atoms with van der Waals surface area (Å²) in [5.74, 6) is -2.71. The van der Waals surface area contributed by atoms with Crippen LogP contribution >= 0.6 is 7.82 Å². The Kier molecular flexibility index (Phi) is 12.8. The smallest absolute Gasteiger partial charge is 0.471 e. The number of nitrogens with zero attached hydrogens (tertiary/aromatic N) is 10. The first-order valence-corrected chi connectivity index (χ1v) is 27.8. The van der Waals surface area contributed by atoms with Crippen LogP contribution in [0.15, 0.2) is 67.1 Å². The molecule has 4 N–H and O–H groups in total. The molecule has 9 heterocycles. The number of carbonyl (C=O) groups excluding carboxylic acids is 5. The molecule has 0 bridgehead atoms. The minimum Gasteiger partial charge on any atom is -0.480 e. The number of likely N-dealkylation sites (tertiary alicyclic amines) is 1. The maximum Gasteiger partial charge on any atom is 0.471 e. The fraction of sp³-hybridized carbons (Fsp3) is 0.455. The zero-order valence-corrected chi connectivity index (χ0v) is 44.9. The lowest BCUT2D eigenvalue weighted by Crippen LogP contribution is -2.58. The fourth-order valence-corrected chi connectivity index (χ4v) is 12.9. The number of benzene rings is 1. The zero-order chi connectivity index (χ0) is 57.6. The van der Waals surface area contributed by atoms with Crippen molar-refractivity contribution in [1.29, 1.82) is 0 Å². The first-order chi connectivity index (χ1) is 38.3. The number of aliphatic hydroxyl groups is 1. The maximum atomic E-state index is 14.2. The number of aromatic nitrogens is 4. The van der Waals surface area contributed by atoms with E-state index in [1.807, 2.05) is 12.1 Å².